The molecular weight excluding hydrogens is 275 g/mol. The number of nitrogens with one attached hydrogen (secondary N) is 2. The third kappa shape index (κ3) is 4.10. The Hall–Kier alpha value is -2.76. The van der Waals surface area contributed by atoms with E-state index in [0.29, 0.717) is 22.9 Å². The van der Waals surface area contributed by atoms with Crippen LogP contribution < -0.4 is 20.1 Å². The molecule has 5 nitrogen and oxygen atoms in total. The Kier molecular flexibility index (Phi) is 4.61. The maximum absolute atomic E-state index is 13.0. The fourth-order valence-electron chi connectivity index (χ4n) is 1.74. The number of amides is 2. The molecule has 2 rings (SSSR count). The number of benzene rings is 2. The number of carbonyl (C=O) groups is 1. The van der Waals surface area contributed by atoms with E-state index in [2.05, 4.69) is 10.6 Å². The number of rotatable bonds is 4. The van der Waals surface area contributed by atoms with Crippen LogP contribution in [0.4, 0.5) is 20.6 Å². The summed E-state index contributed by atoms with van der Waals surface area (Å²) in [5.74, 6) is 0.682. The summed E-state index contributed by atoms with van der Waals surface area (Å²) in [4.78, 5) is 11.9. The molecule has 110 valence electrons. The number of carbonyl (C=O) groups excluding carboxylic acids is 1. The van der Waals surface area contributed by atoms with Gasteiger partial charge in [-0.1, -0.05) is 6.07 Å². The molecule has 0 radical (unpaired) electrons. The smallest absolute Gasteiger partial charge is 0.323 e. The molecule has 21 heavy (non-hydrogen) atoms. The summed E-state index contributed by atoms with van der Waals surface area (Å²) < 4.78 is 23.3. The zero-order valence-electron chi connectivity index (χ0n) is 11.6. The number of hydrogen-bond donors (Lipinski definition) is 2. The molecule has 0 saturated heterocycles. The Balaban J connectivity index is 2.08. The van der Waals surface area contributed by atoms with Crippen molar-refractivity contribution >= 4 is 17.4 Å². The predicted octanol–water partition coefficient (Wildman–Crippen LogP) is 3.49. The quantitative estimate of drug-likeness (QED) is 0.906. The maximum Gasteiger partial charge on any atom is 0.323 e. The van der Waals surface area contributed by atoms with Crippen molar-refractivity contribution in [3.05, 3.63) is 48.3 Å². The van der Waals surface area contributed by atoms with E-state index in [1.165, 1.54) is 32.4 Å². The molecule has 0 spiro atoms. The van der Waals surface area contributed by atoms with Crippen molar-refractivity contribution < 1.29 is 18.7 Å². The second kappa shape index (κ2) is 6.60. The van der Waals surface area contributed by atoms with Gasteiger partial charge in [0.25, 0.3) is 0 Å². The average molecular weight is 290 g/mol. The summed E-state index contributed by atoms with van der Waals surface area (Å²) >= 11 is 0. The summed E-state index contributed by atoms with van der Waals surface area (Å²) in [5.41, 5.74) is 0.863. The first-order chi connectivity index (χ1) is 10.1. The molecule has 0 saturated carbocycles. The molecule has 0 unspecified atom stereocenters. The van der Waals surface area contributed by atoms with Crippen molar-refractivity contribution in [3.8, 4) is 11.5 Å². The van der Waals surface area contributed by atoms with E-state index in [9.17, 15) is 9.18 Å². The first kappa shape index (κ1) is 14.6. The van der Waals surface area contributed by atoms with Gasteiger partial charge in [-0.2, -0.15) is 0 Å². The van der Waals surface area contributed by atoms with Gasteiger partial charge in [0.2, 0.25) is 0 Å². The van der Waals surface area contributed by atoms with Gasteiger partial charge in [-0.15, -0.1) is 0 Å². The van der Waals surface area contributed by atoms with Crippen molar-refractivity contribution in [2.75, 3.05) is 24.9 Å². The van der Waals surface area contributed by atoms with Gasteiger partial charge in [-0.05, 0) is 18.2 Å². The standard InChI is InChI=1S/C15H15FN2O3/c1-20-13-7-12(8-14(9-13)21-2)18-15(19)17-11-5-3-4-10(16)6-11/h3-9H,1-2H3,(H2,17,18,19). The molecule has 0 aliphatic rings. The van der Waals surface area contributed by atoms with Gasteiger partial charge in [-0.3, -0.25) is 0 Å². The van der Waals surface area contributed by atoms with Crippen LogP contribution in [0.25, 0.3) is 0 Å². The Bertz CT molecular complexity index is 624. The summed E-state index contributed by atoms with van der Waals surface area (Å²) in [5, 5.41) is 5.16. The molecule has 2 amide bonds. The van der Waals surface area contributed by atoms with E-state index in [0.717, 1.165) is 0 Å². The van der Waals surface area contributed by atoms with Crippen molar-refractivity contribution in [2.45, 2.75) is 0 Å². The van der Waals surface area contributed by atoms with Crippen molar-refractivity contribution in [1.82, 2.24) is 0 Å². The zero-order chi connectivity index (χ0) is 15.2. The molecule has 2 N–H and O–H groups in total. The third-order valence-electron chi connectivity index (χ3n) is 2.69. The molecule has 0 aromatic heterocycles. The summed E-state index contributed by atoms with van der Waals surface area (Å²) in [6.07, 6.45) is 0. The van der Waals surface area contributed by atoms with Crippen molar-refractivity contribution in [2.24, 2.45) is 0 Å². The molecule has 2 aromatic carbocycles. The van der Waals surface area contributed by atoms with E-state index >= 15 is 0 Å². The van der Waals surface area contributed by atoms with Gasteiger partial charge in [-0.25, -0.2) is 9.18 Å². The second-order valence-corrected chi connectivity index (χ2v) is 4.19. The lowest BCUT2D eigenvalue weighted by molar-refractivity contribution is 0.262. The van der Waals surface area contributed by atoms with Gasteiger partial charge in [0.15, 0.2) is 0 Å². The van der Waals surface area contributed by atoms with Crippen molar-refractivity contribution in [3.63, 3.8) is 0 Å². The molecular formula is C15H15FN2O3. The molecule has 6 heteroatoms. The van der Waals surface area contributed by atoms with E-state index in [1.807, 2.05) is 0 Å². The fraction of sp³-hybridized carbons (Fsp3) is 0.133. The fourth-order valence-corrected chi connectivity index (χ4v) is 1.74. The highest BCUT2D eigenvalue weighted by Crippen LogP contribution is 2.25. The molecule has 2 aromatic rings. The maximum atomic E-state index is 13.0. The largest absolute Gasteiger partial charge is 0.497 e. The Morgan fingerprint density at radius 3 is 2.14 bits per heavy atom. The lowest BCUT2D eigenvalue weighted by Crippen LogP contribution is -2.19. The SMILES string of the molecule is COc1cc(NC(=O)Nc2cccc(F)c2)cc(OC)c1. The number of ether oxygens (including phenoxy) is 2. The minimum atomic E-state index is -0.490. The van der Waals surface area contributed by atoms with Crippen LogP contribution in [0, 0.1) is 5.82 Å². The Morgan fingerprint density at radius 2 is 1.57 bits per heavy atom. The molecule has 0 aliphatic heterocycles. The highest BCUT2D eigenvalue weighted by atomic mass is 19.1. The molecule has 0 atom stereocenters. The first-order valence-electron chi connectivity index (χ1n) is 6.17. The van der Waals surface area contributed by atoms with Crippen LogP contribution in [0.1, 0.15) is 0 Å². The van der Waals surface area contributed by atoms with E-state index in [4.69, 9.17) is 9.47 Å². The van der Waals surface area contributed by atoms with Crippen LogP contribution in [0.15, 0.2) is 42.5 Å². The van der Waals surface area contributed by atoms with E-state index in [1.54, 1.807) is 24.3 Å². The molecule has 0 heterocycles. The van der Waals surface area contributed by atoms with Gasteiger partial charge in [0.1, 0.15) is 17.3 Å². The third-order valence-corrected chi connectivity index (χ3v) is 2.69. The van der Waals surface area contributed by atoms with Crippen molar-refractivity contribution in [1.29, 1.82) is 0 Å². The molecule has 0 fully saturated rings. The second-order valence-electron chi connectivity index (χ2n) is 4.19. The van der Waals surface area contributed by atoms with Gasteiger partial charge in [0.05, 0.1) is 14.2 Å². The van der Waals surface area contributed by atoms with Gasteiger partial charge < -0.3 is 20.1 Å². The minimum absolute atomic E-state index is 0.363. The zero-order valence-corrected chi connectivity index (χ0v) is 11.6. The summed E-state index contributed by atoms with van der Waals surface area (Å²) in [7, 11) is 3.04. The van der Waals surface area contributed by atoms with Gasteiger partial charge in [0, 0.05) is 29.6 Å². The number of halogens is 1. The van der Waals surface area contributed by atoms with E-state index < -0.39 is 11.8 Å². The lowest BCUT2D eigenvalue weighted by atomic mass is 10.2. The van der Waals surface area contributed by atoms with Crippen LogP contribution in [0.5, 0.6) is 11.5 Å². The Morgan fingerprint density at radius 1 is 0.952 bits per heavy atom. The van der Waals surface area contributed by atoms with E-state index in [-0.39, 0.29) is 0 Å². The highest BCUT2D eigenvalue weighted by molar-refractivity contribution is 5.99. The van der Waals surface area contributed by atoms with Crippen LogP contribution in [0.3, 0.4) is 0 Å². The van der Waals surface area contributed by atoms with Crippen LogP contribution >= 0.6 is 0 Å². The highest BCUT2D eigenvalue weighted by Gasteiger charge is 2.06. The number of hydrogen-bond acceptors (Lipinski definition) is 3. The summed E-state index contributed by atoms with van der Waals surface area (Å²) in [6, 6.07) is 10.1. The molecule has 0 aliphatic carbocycles. The lowest BCUT2D eigenvalue weighted by Gasteiger charge is -2.11. The number of urea groups is 1. The minimum Gasteiger partial charge on any atom is -0.497 e. The van der Waals surface area contributed by atoms with Crippen LogP contribution in [-0.4, -0.2) is 20.3 Å². The number of methoxy groups -OCH3 is 2. The van der Waals surface area contributed by atoms with Crippen LogP contribution in [-0.2, 0) is 0 Å². The average Bonchev–Trinajstić information content (AvgIpc) is 2.46. The predicted molar refractivity (Wildman–Crippen MR) is 78.6 cm³/mol. The first-order valence-corrected chi connectivity index (χ1v) is 6.17. The molecule has 0 bridgehead atoms. The summed E-state index contributed by atoms with van der Waals surface area (Å²) in [6.45, 7) is 0. The number of anilines is 2. The van der Waals surface area contributed by atoms with Gasteiger partial charge >= 0.3 is 6.03 Å². The topological polar surface area (TPSA) is 59.6 Å². The normalized spacial score (nSPS) is 9.86. The Labute approximate surface area is 121 Å². The van der Waals surface area contributed by atoms with Crippen LogP contribution in [0.2, 0.25) is 0 Å². The monoisotopic (exact) mass is 290 g/mol.